The number of nitrogens with zero attached hydrogens (tertiary/aromatic N) is 1. The second-order valence-corrected chi connectivity index (χ2v) is 6.13. The zero-order chi connectivity index (χ0) is 15.7. The van der Waals surface area contributed by atoms with Crippen LogP contribution in [0.15, 0.2) is 18.2 Å². The van der Waals surface area contributed by atoms with E-state index in [0.29, 0.717) is 19.4 Å². The second kappa shape index (κ2) is 5.99. The predicted molar refractivity (Wildman–Crippen MR) is 82.1 cm³/mol. The quantitative estimate of drug-likeness (QED) is 0.931. The molecule has 118 valence electrons. The zero-order valence-corrected chi connectivity index (χ0v) is 12.7. The summed E-state index contributed by atoms with van der Waals surface area (Å²) in [4.78, 5) is 25.8. The number of anilines is 1. The van der Waals surface area contributed by atoms with E-state index in [0.717, 1.165) is 36.3 Å². The molecule has 5 nitrogen and oxygen atoms in total. The Bertz CT molecular complexity index is 598. The van der Waals surface area contributed by atoms with Gasteiger partial charge in [0.05, 0.1) is 13.0 Å². The number of hydrogen-bond acceptors (Lipinski definition) is 3. The minimum Gasteiger partial charge on any atom is -0.497 e. The standard InChI is InChI=1S/C17H21NO4/c1-22-14-5-6-15-11(10-14)7-8-18(15)16(19)12-3-2-4-13(9-12)17(20)21/h5-6,10,12-13H,2-4,7-9H2,1H3,(H,20,21). The number of carboxylic acids is 1. The van der Waals surface area contributed by atoms with Gasteiger partial charge in [-0.05, 0) is 49.4 Å². The Kier molecular flexibility index (Phi) is 4.05. The summed E-state index contributed by atoms with van der Waals surface area (Å²) in [5.74, 6) is -0.431. The van der Waals surface area contributed by atoms with Gasteiger partial charge in [-0.2, -0.15) is 0 Å². The number of fused-ring (bicyclic) bond motifs is 1. The summed E-state index contributed by atoms with van der Waals surface area (Å²) in [6.07, 6.45) is 3.59. The average Bonchev–Trinajstić information content (AvgIpc) is 2.97. The largest absolute Gasteiger partial charge is 0.497 e. The minimum absolute atomic E-state index is 0.0786. The van der Waals surface area contributed by atoms with Crippen molar-refractivity contribution in [1.29, 1.82) is 0 Å². The first-order chi connectivity index (χ1) is 10.6. The van der Waals surface area contributed by atoms with Crippen LogP contribution in [0.1, 0.15) is 31.2 Å². The Labute approximate surface area is 129 Å². The zero-order valence-electron chi connectivity index (χ0n) is 12.7. The molecule has 3 rings (SSSR count). The molecule has 0 saturated heterocycles. The van der Waals surface area contributed by atoms with Gasteiger partial charge in [-0.25, -0.2) is 0 Å². The number of carboxylic acid groups (broad SMARTS) is 1. The summed E-state index contributed by atoms with van der Waals surface area (Å²) < 4.78 is 5.22. The molecular weight excluding hydrogens is 282 g/mol. The summed E-state index contributed by atoms with van der Waals surface area (Å²) in [7, 11) is 1.63. The fourth-order valence-electron chi connectivity index (χ4n) is 3.59. The molecule has 1 aliphatic carbocycles. The van der Waals surface area contributed by atoms with Gasteiger partial charge in [0.25, 0.3) is 0 Å². The van der Waals surface area contributed by atoms with Gasteiger partial charge in [-0.3, -0.25) is 9.59 Å². The maximum Gasteiger partial charge on any atom is 0.306 e. The summed E-state index contributed by atoms with van der Waals surface area (Å²) in [5.41, 5.74) is 2.07. The molecule has 1 saturated carbocycles. The lowest BCUT2D eigenvalue weighted by Crippen LogP contribution is -2.38. The van der Waals surface area contributed by atoms with Gasteiger partial charge in [0, 0.05) is 18.2 Å². The molecule has 1 aromatic rings. The lowest BCUT2D eigenvalue weighted by atomic mass is 9.80. The lowest BCUT2D eigenvalue weighted by Gasteiger charge is -2.29. The molecule has 2 unspecified atom stereocenters. The Morgan fingerprint density at radius 1 is 1.27 bits per heavy atom. The van der Waals surface area contributed by atoms with Gasteiger partial charge in [0.15, 0.2) is 0 Å². The molecule has 5 heteroatoms. The van der Waals surface area contributed by atoms with Crippen LogP contribution in [0.3, 0.4) is 0 Å². The van der Waals surface area contributed by atoms with Gasteiger partial charge >= 0.3 is 5.97 Å². The van der Waals surface area contributed by atoms with Crippen LogP contribution in [0.25, 0.3) is 0 Å². The van der Waals surface area contributed by atoms with Crippen molar-refractivity contribution in [3.8, 4) is 5.75 Å². The SMILES string of the molecule is COc1ccc2c(c1)CCN2C(=O)C1CCCC(C(=O)O)C1. The van der Waals surface area contributed by atoms with Crippen LogP contribution in [0.5, 0.6) is 5.75 Å². The molecule has 0 spiro atoms. The summed E-state index contributed by atoms with van der Waals surface area (Å²) >= 11 is 0. The van der Waals surface area contributed by atoms with Crippen LogP contribution < -0.4 is 9.64 Å². The number of amides is 1. The molecule has 2 aliphatic rings. The number of hydrogen-bond donors (Lipinski definition) is 1. The third-order valence-corrected chi connectivity index (χ3v) is 4.82. The summed E-state index contributed by atoms with van der Waals surface area (Å²) in [6.45, 7) is 0.676. The minimum atomic E-state index is -0.774. The van der Waals surface area contributed by atoms with Crippen molar-refractivity contribution in [2.45, 2.75) is 32.1 Å². The number of benzene rings is 1. The van der Waals surface area contributed by atoms with E-state index in [1.54, 1.807) is 7.11 Å². The third kappa shape index (κ3) is 2.67. The number of ether oxygens (including phenoxy) is 1. The van der Waals surface area contributed by atoms with Crippen molar-refractivity contribution in [1.82, 2.24) is 0 Å². The van der Waals surface area contributed by atoms with Crippen molar-refractivity contribution in [2.75, 3.05) is 18.6 Å². The van der Waals surface area contributed by atoms with Crippen LogP contribution in [0, 0.1) is 11.8 Å². The van der Waals surface area contributed by atoms with Gasteiger partial charge in [-0.1, -0.05) is 6.42 Å². The highest BCUT2D eigenvalue weighted by molar-refractivity contribution is 5.97. The number of rotatable bonds is 3. The topological polar surface area (TPSA) is 66.8 Å². The lowest BCUT2D eigenvalue weighted by molar-refractivity contribution is -0.143. The molecule has 1 N–H and O–H groups in total. The van der Waals surface area contributed by atoms with Crippen molar-refractivity contribution < 1.29 is 19.4 Å². The van der Waals surface area contributed by atoms with E-state index in [9.17, 15) is 14.7 Å². The summed E-state index contributed by atoms with van der Waals surface area (Å²) in [6, 6.07) is 5.77. The van der Waals surface area contributed by atoms with Crippen LogP contribution in [-0.4, -0.2) is 30.6 Å². The highest BCUT2D eigenvalue weighted by atomic mass is 16.5. The summed E-state index contributed by atoms with van der Waals surface area (Å²) in [5, 5.41) is 9.18. The molecule has 1 aliphatic heterocycles. The maximum atomic E-state index is 12.8. The van der Waals surface area contributed by atoms with E-state index < -0.39 is 5.97 Å². The Morgan fingerprint density at radius 2 is 2.05 bits per heavy atom. The van der Waals surface area contributed by atoms with E-state index >= 15 is 0 Å². The molecule has 22 heavy (non-hydrogen) atoms. The normalized spacial score (nSPS) is 24.0. The molecular formula is C17H21NO4. The van der Waals surface area contributed by atoms with Crippen molar-refractivity contribution in [3.63, 3.8) is 0 Å². The van der Waals surface area contributed by atoms with Crippen molar-refractivity contribution in [2.24, 2.45) is 11.8 Å². The number of methoxy groups -OCH3 is 1. The monoisotopic (exact) mass is 303 g/mol. The van der Waals surface area contributed by atoms with Crippen LogP contribution in [0.2, 0.25) is 0 Å². The first-order valence-electron chi connectivity index (χ1n) is 7.81. The first-order valence-corrected chi connectivity index (χ1v) is 7.81. The number of carbonyl (C=O) groups excluding carboxylic acids is 1. The Hall–Kier alpha value is -2.04. The van der Waals surface area contributed by atoms with Crippen molar-refractivity contribution in [3.05, 3.63) is 23.8 Å². The van der Waals surface area contributed by atoms with Crippen molar-refractivity contribution >= 4 is 17.6 Å². The Balaban J connectivity index is 1.76. The molecule has 0 radical (unpaired) electrons. The molecule has 1 fully saturated rings. The highest BCUT2D eigenvalue weighted by Gasteiger charge is 2.35. The van der Waals surface area contributed by atoms with E-state index in [4.69, 9.17) is 4.74 Å². The maximum absolute atomic E-state index is 12.8. The fourth-order valence-corrected chi connectivity index (χ4v) is 3.59. The van der Waals surface area contributed by atoms with Crippen LogP contribution in [0.4, 0.5) is 5.69 Å². The van der Waals surface area contributed by atoms with E-state index in [1.807, 2.05) is 23.1 Å². The molecule has 1 amide bonds. The van der Waals surface area contributed by atoms with Gasteiger partial charge in [-0.15, -0.1) is 0 Å². The predicted octanol–water partition coefficient (Wildman–Crippen LogP) is 2.48. The van der Waals surface area contributed by atoms with Gasteiger partial charge in [0.1, 0.15) is 5.75 Å². The first kappa shape index (κ1) is 14.9. The molecule has 1 aromatic carbocycles. The van der Waals surface area contributed by atoms with Gasteiger partial charge < -0.3 is 14.7 Å². The molecule has 0 bridgehead atoms. The average molecular weight is 303 g/mol. The highest BCUT2D eigenvalue weighted by Crippen LogP contribution is 2.36. The molecule has 2 atom stereocenters. The number of aliphatic carboxylic acids is 1. The second-order valence-electron chi connectivity index (χ2n) is 6.13. The van der Waals surface area contributed by atoms with E-state index in [-0.39, 0.29) is 17.7 Å². The molecule has 1 heterocycles. The van der Waals surface area contributed by atoms with Gasteiger partial charge in [0.2, 0.25) is 5.91 Å². The van der Waals surface area contributed by atoms with E-state index in [2.05, 4.69) is 0 Å². The van der Waals surface area contributed by atoms with Crippen LogP contribution >= 0.6 is 0 Å². The number of carbonyl (C=O) groups is 2. The van der Waals surface area contributed by atoms with Crippen LogP contribution in [-0.2, 0) is 16.0 Å². The van der Waals surface area contributed by atoms with E-state index in [1.165, 1.54) is 0 Å². The smallest absolute Gasteiger partial charge is 0.306 e. The fraction of sp³-hybridized carbons (Fsp3) is 0.529. The third-order valence-electron chi connectivity index (χ3n) is 4.82. The molecule has 0 aromatic heterocycles. The Morgan fingerprint density at radius 3 is 2.77 bits per heavy atom.